The van der Waals surface area contributed by atoms with Crippen molar-refractivity contribution < 1.29 is 14.3 Å². The number of halogens is 1. The summed E-state index contributed by atoms with van der Waals surface area (Å²) in [6, 6.07) is 6.32. The predicted molar refractivity (Wildman–Crippen MR) is 91.0 cm³/mol. The second-order valence-electron chi connectivity index (χ2n) is 5.91. The highest BCUT2D eigenvalue weighted by atomic mass is 32.2. The lowest BCUT2D eigenvalue weighted by atomic mass is 9.89. The first-order valence-electron chi connectivity index (χ1n) is 8.22. The summed E-state index contributed by atoms with van der Waals surface area (Å²) in [5, 5.41) is 23.8. The molecule has 0 bridgehead atoms. The minimum Gasteiger partial charge on any atom is -0.549 e. The van der Waals surface area contributed by atoms with Gasteiger partial charge < -0.3 is 9.90 Å². The summed E-state index contributed by atoms with van der Waals surface area (Å²) in [6.45, 7) is 0. The van der Waals surface area contributed by atoms with Crippen molar-refractivity contribution in [3.63, 3.8) is 0 Å². The Morgan fingerprint density at radius 2 is 2.08 bits per heavy atom. The highest BCUT2D eigenvalue weighted by Gasteiger charge is 2.23. The molecule has 8 heteroatoms. The molecule has 0 amide bonds. The summed E-state index contributed by atoms with van der Waals surface area (Å²) in [6.07, 6.45) is 6.85. The van der Waals surface area contributed by atoms with Gasteiger partial charge in [0.25, 0.3) is 0 Å². The molecule has 1 aromatic carbocycles. The van der Waals surface area contributed by atoms with Gasteiger partial charge in [0.15, 0.2) is 5.82 Å². The zero-order valence-electron chi connectivity index (χ0n) is 13.6. The van der Waals surface area contributed by atoms with Gasteiger partial charge >= 0.3 is 0 Å². The fourth-order valence-corrected chi connectivity index (χ4v) is 3.52. The van der Waals surface area contributed by atoms with Crippen LogP contribution in [0.2, 0.25) is 0 Å². The molecule has 0 atom stereocenters. The fraction of sp³-hybridized carbons (Fsp3) is 0.412. The third-order valence-electron chi connectivity index (χ3n) is 4.14. The highest BCUT2D eigenvalue weighted by Crippen LogP contribution is 2.33. The van der Waals surface area contributed by atoms with Gasteiger partial charge in [0.2, 0.25) is 5.16 Å². The van der Waals surface area contributed by atoms with E-state index in [1.807, 2.05) is 0 Å². The van der Waals surface area contributed by atoms with Crippen LogP contribution >= 0.6 is 11.8 Å². The van der Waals surface area contributed by atoms with E-state index in [9.17, 15) is 14.3 Å². The zero-order valence-corrected chi connectivity index (χ0v) is 14.4. The van der Waals surface area contributed by atoms with Gasteiger partial charge in [-0.1, -0.05) is 49.2 Å². The van der Waals surface area contributed by atoms with Gasteiger partial charge in [-0.15, -0.1) is 10.2 Å². The second-order valence-corrected chi connectivity index (χ2v) is 6.86. The Hall–Kier alpha value is -2.22. The number of thioether (sulfide) groups is 1. The van der Waals surface area contributed by atoms with E-state index in [-0.39, 0.29) is 17.5 Å². The van der Waals surface area contributed by atoms with Crippen molar-refractivity contribution in [1.29, 1.82) is 0 Å². The number of carbonyl (C=O) groups excluding carboxylic acids is 1. The molecule has 1 aliphatic carbocycles. The van der Waals surface area contributed by atoms with E-state index in [2.05, 4.69) is 15.3 Å². The topological polar surface area (TPSA) is 83.2 Å². The molecule has 1 aliphatic rings. The molecular weight excluding hydrogens is 343 g/mol. The number of benzene rings is 1. The molecule has 1 heterocycles. The molecule has 0 aliphatic heterocycles. The van der Waals surface area contributed by atoms with Crippen molar-refractivity contribution in [3.05, 3.63) is 41.5 Å². The zero-order chi connectivity index (χ0) is 17.6. The molecule has 1 fully saturated rings. The van der Waals surface area contributed by atoms with Gasteiger partial charge in [0.05, 0.1) is 12.2 Å². The van der Waals surface area contributed by atoms with E-state index in [0.717, 1.165) is 37.4 Å². The van der Waals surface area contributed by atoms with Crippen molar-refractivity contribution in [2.75, 3.05) is 5.75 Å². The van der Waals surface area contributed by atoms with E-state index in [0.29, 0.717) is 16.5 Å². The predicted octanol–water partition coefficient (Wildman–Crippen LogP) is 2.19. The summed E-state index contributed by atoms with van der Waals surface area (Å²) >= 11 is 0.999. The van der Waals surface area contributed by atoms with Crippen LogP contribution in [0.4, 0.5) is 4.39 Å². The van der Waals surface area contributed by atoms with Gasteiger partial charge in [0.1, 0.15) is 5.82 Å². The van der Waals surface area contributed by atoms with E-state index in [1.165, 1.54) is 23.4 Å². The molecular formula is C17H18FN4O2S-. The standard InChI is InChI=1S/C17H19FN4O2S/c18-14-9-5-4-8-13(14)10-19-22-16(12-6-2-1-3-7-12)20-21-17(22)25-11-15(23)24/h4-5,8-10,12H,1-3,6-7,11H2,(H,23,24)/p-1/b19-10-. The number of hydrogen-bond acceptors (Lipinski definition) is 6. The lowest BCUT2D eigenvalue weighted by molar-refractivity contribution is -0.301. The van der Waals surface area contributed by atoms with Gasteiger partial charge in [-0.3, -0.25) is 0 Å². The van der Waals surface area contributed by atoms with Crippen LogP contribution in [0.5, 0.6) is 0 Å². The molecule has 3 rings (SSSR count). The Kier molecular flexibility index (Phi) is 5.80. The lowest BCUT2D eigenvalue weighted by Crippen LogP contribution is -2.24. The van der Waals surface area contributed by atoms with E-state index in [4.69, 9.17) is 0 Å². The summed E-state index contributed by atoms with van der Waals surface area (Å²) in [4.78, 5) is 10.7. The smallest absolute Gasteiger partial charge is 0.212 e. The molecule has 0 spiro atoms. The number of rotatable bonds is 6. The van der Waals surface area contributed by atoms with Crippen molar-refractivity contribution in [1.82, 2.24) is 14.9 Å². The largest absolute Gasteiger partial charge is 0.549 e. The summed E-state index contributed by atoms with van der Waals surface area (Å²) < 4.78 is 15.3. The molecule has 1 saturated carbocycles. The van der Waals surface area contributed by atoms with E-state index in [1.54, 1.807) is 18.2 Å². The third-order valence-corrected chi connectivity index (χ3v) is 5.04. The second kappa shape index (κ2) is 8.24. The van der Waals surface area contributed by atoms with Crippen molar-refractivity contribution in [2.45, 2.75) is 43.2 Å². The lowest BCUT2D eigenvalue weighted by Gasteiger charge is -2.20. The van der Waals surface area contributed by atoms with Gasteiger partial charge in [0, 0.05) is 17.2 Å². The SMILES string of the molecule is O=C([O-])CSc1nnc(C2CCCCC2)n1/N=C\c1ccccc1F. The van der Waals surface area contributed by atoms with Gasteiger partial charge in [-0.05, 0) is 18.9 Å². The Balaban J connectivity index is 1.91. The van der Waals surface area contributed by atoms with Gasteiger partial charge in [-0.25, -0.2) is 4.39 Å². The Morgan fingerprint density at radius 3 is 2.80 bits per heavy atom. The number of aromatic nitrogens is 3. The number of aliphatic carboxylic acids is 1. The Labute approximate surface area is 149 Å². The molecule has 6 nitrogen and oxygen atoms in total. The maximum absolute atomic E-state index is 13.8. The molecule has 1 aromatic heterocycles. The van der Waals surface area contributed by atoms with Crippen molar-refractivity contribution >= 4 is 23.9 Å². The molecule has 0 unspecified atom stereocenters. The maximum atomic E-state index is 13.8. The van der Waals surface area contributed by atoms with Crippen LogP contribution in [0.25, 0.3) is 0 Å². The first-order valence-corrected chi connectivity index (χ1v) is 9.20. The van der Waals surface area contributed by atoms with Crippen molar-refractivity contribution in [3.8, 4) is 0 Å². The third kappa shape index (κ3) is 4.45. The monoisotopic (exact) mass is 361 g/mol. The summed E-state index contributed by atoms with van der Waals surface area (Å²) in [7, 11) is 0. The number of carboxylic acid groups (broad SMARTS) is 1. The van der Waals surface area contributed by atoms with Crippen LogP contribution in [0, 0.1) is 5.82 Å². The minimum absolute atomic E-state index is 0.233. The average molecular weight is 361 g/mol. The summed E-state index contributed by atoms with van der Waals surface area (Å²) in [5.74, 6) is -0.860. The van der Waals surface area contributed by atoms with Crippen LogP contribution in [-0.2, 0) is 4.79 Å². The summed E-state index contributed by atoms with van der Waals surface area (Å²) in [5.41, 5.74) is 0.349. The maximum Gasteiger partial charge on any atom is 0.212 e. The Morgan fingerprint density at radius 1 is 1.32 bits per heavy atom. The normalized spacial score (nSPS) is 15.7. The van der Waals surface area contributed by atoms with Crippen LogP contribution in [-0.4, -0.2) is 32.8 Å². The first kappa shape index (κ1) is 17.6. The van der Waals surface area contributed by atoms with Crippen molar-refractivity contribution in [2.24, 2.45) is 5.10 Å². The van der Waals surface area contributed by atoms with Crippen LogP contribution in [0.3, 0.4) is 0 Å². The molecule has 0 N–H and O–H groups in total. The molecule has 25 heavy (non-hydrogen) atoms. The van der Waals surface area contributed by atoms with Gasteiger partial charge in [-0.2, -0.15) is 9.78 Å². The highest BCUT2D eigenvalue weighted by molar-refractivity contribution is 7.99. The first-order chi connectivity index (χ1) is 12.1. The minimum atomic E-state index is -1.18. The molecule has 2 aromatic rings. The number of nitrogens with zero attached hydrogens (tertiary/aromatic N) is 4. The quantitative estimate of drug-likeness (QED) is 0.582. The fourth-order valence-electron chi connectivity index (χ4n) is 2.91. The molecule has 0 saturated heterocycles. The van der Waals surface area contributed by atoms with E-state index < -0.39 is 5.97 Å². The van der Waals surface area contributed by atoms with Crippen LogP contribution in [0.15, 0.2) is 34.5 Å². The number of hydrogen-bond donors (Lipinski definition) is 0. The molecule has 0 radical (unpaired) electrons. The molecule has 132 valence electrons. The van der Waals surface area contributed by atoms with Crippen LogP contribution in [0.1, 0.15) is 49.4 Å². The number of carboxylic acids is 1. The number of carbonyl (C=O) groups is 1. The van der Waals surface area contributed by atoms with Crippen LogP contribution < -0.4 is 5.11 Å². The Bertz CT molecular complexity index is 772. The average Bonchev–Trinajstić information content (AvgIpc) is 3.03. The van der Waals surface area contributed by atoms with E-state index >= 15 is 0 Å².